The maximum atomic E-state index is 6.32. The van der Waals surface area contributed by atoms with Gasteiger partial charge in [0.1, 0.15) is 0 Å². The third kappa shape index (κ3) is 3.33. The van der Waals surface area contributed by atoms with E-state index in [1.54, 1.807) is 7.11 Å². The zero-order valence-electron chi connectivity index (χ0n) is 9.92. The summed E-state index contributed by atoms with van der Waals surface area (Å²) in [5, 5.41) is 0. The van der Waals surface area contributed by atoms with Crippen LogP contribution < -0.4 is 5.73 Å². The number of benzene rings is 1. The lowest BCUT2D eigenvalue weighted by atomic mass is 9.86. The van der Waals surface area contributed by atoms with Crippen LogP contribution in [0.3, 0.4) is 0 Å². The molecule has 2 N–H and O–H groups in total. The SMILES string of the molecule is COCCCC(C)(N)c1ccccc1C. The zero-order chi connectivity index (χ0) is 11.3. The first-order valence-corrected chi connectivity index (χ1v) is 5.42. The molecule has 84 valence electrons. The van der Waals surface area contributed by atoms with Crippen molar-refractivity contribution in [1.82, 2.24) is 0 Å². The van der Waals surface area contributed by atoms with E-state index in [2.05, 4.69) is 26.0 Å². The molecule has 0 aliphatic carbocycles. The summed E-state index contributed by atoms with van der Waals surface area (Å²) in [6.45, 7) is 4.97. The number of hydrogen-bond acceptors (Lipinski definition) is 2. The minimum Gasteiger partial charge on any atom is -0.385 e. The lowest BCUT2D eigenvalue weighted by molar-refractivity contribution is 0.184. The van der Waals surface area contributed by atoms with Gasteiger partial charge in [0.05, 0.1) is 0 Å². The van der Waals surface area contributed by atoms with Gasteiger partial charge >= 0.3 is 0 Å². The highest BCUT2D eigenvalue weighted by Gasteiger charge is 2.21. The maximum Gasteiger partial charge on any atom is 0.0463 e. The molecule has 0 radical (unpaired) electrons. The number of nitrogens with two attached hydrogens (primary N) is 1. The van der Waals surface area contributed by atoms with Gasteiger partial charge in [0.15, 0.2) is 0 Å². The first-order chi connectivity index (χ1) is 7.08. The van der Waals surface area contributed by atoms with Crippen LogP contribution in [0, 0.1) is 6.92 Å². The molecular weight excluding hydrogens is 186 g/mol. The summed E-state index contributed by atoms with van der Waals surface area (Å²) in [5.74, 6) is 0. The monoisotopic (exact) mass is 207 g/mol. The largest absolute Gasteiger partial charge is 0.385 e. The summed E-state index contributed by atoms with van der Waals surface area (Å²) in [5.41, 5.74) is 8.58. The van der Waals surface area contributed by atoms with Gasteiger partial charge in [-0.05, 0) is 37.8 Å². The third-order valence-electron chi connectivity index (χ3n) is 2.80. The molecule has 0 amide bonds. The Kier molecular flexibility index (Phi) is 4.30. The number of hydrogen-bond donors (Lipinski definition) is 1. The van der Waals surface area contributed by atoms with Gasteiger partial charge < -0.3 is 10.5 Å². The van der Waals surface area contributed by atoms with Crippen molar-refractivity contribution < 1.29 is 4.74 Å². The summed E-state index contributed by atoms with van der Waals surface area (Å²) in [6.07, 6.45) is 1.95. The Morgan fingerprint density at radius 3 is 2.60 bits per heavy atom. The first kappa shape index (κ1) is 12.2. The van der Waals surface area contributed by atoms with Crippen molar-refractivity contribution in [2.45, 2.75) is 32.2 Å². The van der Waals surface area contributed by atoms with Crippen LogP contribution in [0.4, 0.5) is 0 Å². The number of rotatable bonds is 5. The summed E-state index contributed by atoms with van der Waals surface area (Å²) < 4.78 is 5.05. The van der Waals surface area contributed by atoms with Gasteiger partial charge in [0.2, 0.25) is 0 Å². The summed E-state index contributed by atoms with van der Waals surface area (Å²) in [6, 6.07) is 8.31. The minimum atomic E-state index is -0.246. The fourth-order valence-corrected chi connectivity index (χ4v) is 1.93. The minimum absolute atomic E-state index is 0.246. The summed E-state index contributed by atoms with van der Waals surface area (Å²) in [7, 11) is 1.72. The maximum absolute atomic E-state index is 6.32. The zero-order valence-corrected chi connectivity index (χ0v) is 9.92. The van der Waals surface area contributed by atoms with E-state index >= 15 is 0 Å². The fraction of sp³-hybridized carbons (Fsp3) is 0.538. The quantitative estimate of drug-likeness (QED) is 0.753. The molecule has 0 aromatic heterocycles. The van der Waals surface area contributed by atoms with Crippen LogP contribution in [-0.4, -0.2) is 13.7 Å². The van der Waals surface area contributed by atoms with Crippen LogP contribution in [-0.2, 0) is 10.3 Å². The molecule has 0 saturated heterocycles. The highest BCUT2D eigenvalue weighted by Crippen LogP contribution is 2.25. The van der Waals surface area contributed by atoms with Crippen molar-refractivity contribution in [3.8, 4) is 0 Å². The molecular formula is C13H21NO. The van der Waals surface area contributed by atoms with Gasteiger partial charge in [-0.15, -0.1) is 0 Å². The van der Waals surface area contributed by atoms with Crippen molar-refractivity contribution in [3.63, 3.8) is 0 Å². The van der Waals surface area contributed by atoms with E-state index in [9.17, 15) is 0 Å². The van der Waals surface area contributed by atoms with Crippen LogP contribution in [0.2, 0.25) is 0 Å². The average molecular weight is 207 g/mol. The van der Waals surface area contributed by atoms with E-state index in [1.807, 2.05) is 12.1 Å². The van der Waals surface area contributed by atoms with Crippen LogP contribution in [0.1, 0.15) is 30.9 Å². The van der Waals surface area contributed by atoms with Crippen molar-refractivity contribution in [2.75, 3.05) is 13.7 Å². The molecule has 0 fully saturated rings. The second kappa shape index (κ2) is 5.29. The smallest absolute Gasteiger partial charge is 0.0463 e. The molecule has 0 bridgehead atoms. The summed E-state index contributed by atoms with van der Waals surface area (Å²) in [4.78, 5) is 0. The number of methoxy groups -OCH3 is 1. The molecule has 0 aliphatic rings. The normalized spacial score (nSPS) is 14.9. The average Bonchev–Trinajstić information content (AvgIpc) is 2.18. The van der Waals surface area contributed by atoms with E-state index in [4.69, 9.17) is 10.5 Å². The lowest BCUT2D eigenvalue weighted by Crippen LogP contribution is -2.34. The predicted molar refractivity (Wildman–Crippen MR) is 63.8 cm³/mol. The molecule has 0 saturated carbocycles. The van der Waals surface area contributed by atoms with Crippen molar-refractivity contribution in [1.29, 1.82) is 0 Å². The third-order valence-corrected chi connectivity index (χ3v) is 2.80. The molecule has 1 aromatic carbocycles. The standard InChI is InChI=1S/C13H21NO/c1-11-7-4-5-8-12(11)13(2,14)9-6-10-15-3/h4-5,7-8H,6,9-10,14H2,1-3H3. The molecule has 2 heteroatoms. The van der Waals surface area contributed by atoms with E-state index in [0.717, 1.165) is 19.4 Å². The van der Waals surface area contributed by atoms with E-state index in [1.165, 1.54) is 11.1 Å². The van der Waals surface area contributed by atoms with Crippen LogP contribution in [0.15, 0.2) is 24.3 Å². The van der Waals surface area contributed by atoms with Crippen LogP contribution in [0.5, 0.6) is 0 Å². The lowest BCUT2D eigenvalue weighted by Gasteiger charge is -2.27. The molecule has 1 unspecified atom stereocenters. The Morgan fingerprint density at radius 2 is 2.00 bits per heavy atom. The molecule has 0 spiro atoms. The second-order valence-electron chi connectivity index (χ2n) is 4.33. The predicted octanol–water partition coefficient (Wildman–Crippen LogP) is 2.60. The van der Waals surface area contributed by atoms with Crippen LogP contribution >= 0.6 is 0 Å². The van der Waals surface area contributed by atoms with Gasteiger partial charge in [0, 0.05) is 19.3 Å². The Bertz CT molecular complexity index is 307. The Hall–Kier alpha value is -0.860. The highest BCUT2D eigenvalue weighted by molar-refractivity contribution is 5.31. The van der Waals surface area contributed by atoms with Gasteiger partial charge in [-0.1, -0.05) is 24.3 Å². The van der Waals surface area contributed by atoms with Crippen molar-refractivity contribution in [3.05, 3.63) is 35.4 Å². The topological polar surface area (TPSA) is 35.2 Å². The number of aryl methyl sites for hydroxylation is 1. The summed E-state index contributed by atoms with van der Waals surface area (Å²) >= 11 is 0. The van der Waals surface area contributed by atoms with Gasteiger partial charge in [-0.3, -0.25) is 0 Å². The van der Waals surface area contributed by atoms with Crippen molar-refractivity contribution in [2.24, 2.45) is 5.73 Å². The Balaban J connectivity index is 2.72. The molecule has 2 nitrogen and oxygen atoms in total. The second-order valence-corrected chi connectivity index (χ2v) is 4.33. The van der Waals surface area contributed by atoms with E-state index in [0.29, 0.717) is 0 Å². The van der Waals surface area contributed by atoms with E-state index < -0.39 is 0 Å². The number of ether oxygens (including phenoxy) is 1. The van der Waals surface area contributed by atoms with E-state index in [-0.39, 0.29) is 5.54 Å². The molecule has 1 rings (SSSR count). The first-order valence-electron chi connectivity index (χ1n) is 5.42. The Morgan fingerprint density at radius 1 is 1.33 bits per heavy atom. The molecule has 0 heterocycles. The van der Waals surface area contributed by atoms with Crippen molar-refractivity contribution >= 4 is 0 Å². The molecule has 1 aromatic rings. The van der Waals surface area contributed by atoms with Gasteiger partial charge in [-0.2, -0.15) is 0 Å². The highest BCUT2D eigenvalue weighted by atomic mass is 16.5. The Labute approximate surface area is 92.4 Å². The van der Waals surface area contributed by atoms with Crippen LogP contribution in [0.25, 0.3) is 0 Å². The molecule has 15 heavy (non-hydrogen) atoms. The van der Waals surface area contributed by atoms with Gasteiger partial charge in [-0.25, -0.2) is 0 Å². The molecule has 0 aliphatic heterocycles. The molecule has 1 atom stereocenters. The van der Waals surface area contributed by atoms with Gasteiger partial charge in [0.25, 0.3) is 0 Å². The fourth-order valence-electron chi connectivity index (χ4n) is 1.93.